The highest BCUT2D eigenvalue weighted by molar-refractivity contribution is 6.02. The Balaban J connectivity index is 2.04. The minimum absolute atomic E-state index is 0.108. The lowest BCUT2D eigenvalue weighted by atomic mass is 10.0. The number of imide groups is 1. The van der Waals surface area contributed by atoms with Gasteiger partial charge in [-0.15, -0.1) is 0 Å². The molecule has 1 aliphatic rings. The molecule has 3 amide bonds. The Labute approximate surface area is 156 Å². The second-order valence-corrected chi connectivity index (χ2v) is 6.53. The van der Waals surface area contributed by atoms with Crippen LogP contribution in [-0.2, 0) is 20.8 Å². The first-order valence-corrected chi connectivity index (χ1v) is 8.56. The predicted octanol–water partition coefficient (Wildman–Crippen LogP) is 0.398. The van der Waals surface area contributed by atoms with Crippen molar-refractivity contribution in [2.24, 2.45) is 0 Å². The van der Waals surface area contributed by atoms with Crippen LogP contribution in [0.1, 0.15) is 18.9 Å². The van der Waals surface area contributed by atoms with E-state index in [0.29, 0.717) is 11.3 Å². The van der Waals surface area contributed by atoms with Crippen molar-refractivity contribution in [3.8, 4) is 0 Å². The molecule has 0 spiro atoms. The average Bonchev–Trinajstić information content (AvgIpc) is 2.93. The van der Waals surface area contributed by atoms with Crippen molar-refractivity contribution >= 4 is 23.9 Å². The standard InChI is InChI=1S/C18H23N3O6/c1-11(15(22)21-14(17(25)26)10-20(2)18(21)27)19-13(16(23)24)9-8-12-6-4-3-5-7-12/h3-7,11,13-14,19H,8-10H2,1-2H3,(H,23,24)(H,25,26)/t11-,13-,14+/m0/s1. The molecule has 0 aromatic heterocycles. The van der Waals surface area contributed by atoms with Gasteiger partial charge in [-0.1, -0.05) is 30.3 Å². The van der Waals surface area contributed by atoms with Gasteiger partial charge in [0.1, 0.15) is 6.04 Å². The van der Waals surface area contributed by atoms with Crippen LogP contribution in [0.3, 0.4) is 0 Å². The smallest absolute Gasteiger partial charge is 0.328 e. The van der Waals surface area contributed by atoms with Gasteiger partial charge in [0, 0.05) is 7.05 Å². The summed E-state index contributed by atoms with van der Waals surface area (Å²) in [6, 6.07) is 5.29. The number of carbonyl (C=O) groups is 4. The van der Waals surface area contributed by atoms with Gasteiger partial charge in [-0.3, -0.25) is 14.9 Å². The monoisotopic (exact) mass is 377 g/mol. The lowest BCUT2D eigenvalue weighted by molar-refractivity contribution is -0.147. The van der Waals surface area contributed by atoms with Crippen LogP contribution in [0.15, 0.2) is 30.3 Å². The molecule has 3 N–H and O–H groups in total. The number of rotatable bonds is 8. The van der Waals surface area contributed by atoms with E-state index in [1.807, 2.05) is 30.3 Å². The van der Waals surface area contributed by atoms with Gasteiger partial charge < -0.3 is 15.1 Å². The number of hydrogen-bond acceptors (Lipinski definition) is 5. The highest BCUT2D eigenvalue weighted by atomic mass is 16.4. The van der Waals surface area contributed by atoms with Crippen LogP contribution in [0, 0.1) is 0 Å². The topological polar surface area (TPSA) is 127 Å². The maximum Gasteiger partial charge on any atom is 0.328 e. The minimum atomic E-state index is -1.29. The van der Waals surface area contributed by atoms with E-state index in [0.717, 1.165) is 10.5 Å². The summed E-state index contributed by atoms with van der Waals surface area (Å²) >= 11 is 0. The fourth-order valence-electron chi connectivity index (χ4n) is 2.99. The Kier molecular flexibility index (Phi) is 6.51. The van der Waals surface area contributed by atoms with Crippen molar-refractivity contribution in [1.82, 2.24) is 15.1 Å². The Morgan fingerprint density at radius 2 is 1.85 bits per heavy atom. The minimum Gasteiger partial charge on any atom is -0.480 e. The van der Waals surface area contributed by atoms with Crippen molar-refractivity contribution in [3.05, 3.63) is 35.9 Å². The molecule has 1 heterocycles. The zero-order valence-electron chi connectivity index (χ0n) is 15.2. The Morgan fingerprint density at radius 3 is 2.41 bits per heavy atom. The molecule has 0 saturated carbocycles. The number of nitrogens with one attached hydrogen (secondary N) is 1. The van der Waals surface area contributed by atoms with Gasteiger partial charge in [-0.2, -0.15) is 0 Å². The van der Waals surface area contributed by atoms with Gasteiger partial charge in [-0.25, -0.2) is 14.5 Å². The summed E-state index contributed by atoms with van der Waals surface area (Å²) in [7, 11) is 1.41. The zero-order valence-corrected chi connectivity index (χ0v) is 15.2. The molecule has 1 aromatic carbocycles. The van der Waals surface area contributed by atoms with Gasteiger partial charge in [0.2, 0.25) is 5.91 Å². The number of aryl methyl sites for hydroxylation is 1. The Hall–Kier alpha value is -2.94. The summed E-state index contributed by atoms with van der Waals surface area (Å²) in [6.45, 7) is 1.31. The van der Waals surface area contributed by atoms with Gasteiger partial charge in [0.15, 0.2) is 6.04 Å². The van der Waals surface area contributed by atoms with Gasteiger partial charge in [-0.05, 0) is 25.3 Å². The summed E-state index contributed by atoms with van der Waals surface area (Å²) in [5.41, 5.74) is 0.965. The number of nitrogens with zero attached hydrogens (tertiary/aromatic N) is 2. The Morgan fingerprint density at radius 1 is 1.22 bits per heavy atom. The number of aliphatic carboxylic acids is 2. The molecule has 3 atom stereocenters. The molecule has 9 nitrogen and oxygen atoms in total. The van der Waals surface area contributed by atoms with E-state index in [1.54, 1.807) is 0 Å². The Bertz CT molecular complexity index is 723. The number of likely N-dealkylation sites (N-methyl/N-ethyl adjacent to an activating group) is 1. The van der Waals surface area contributed by atoms with Crippen LogP contribution in [0.5, 0.6) is 0 Å². The summed E-state index contributed by atoms with van der Waals surface area (Å²) in [4.78, 5) is 49.4. The number of urea groups is 1. The number of carbonyl (C=O) groups excluding carboxylic acids is 2. The summed E-state index contributed by atoms with van der Waals surface area (Å²) in [6.07, 6.45) is 0.738. The molecule has 27 heavy (non-hydrogen) atoms. The van der Waals surface area contributed by atoms with Gasteiger partial charge >= 0.3 is 18.0 Å². The SMILES string of the molecule is C[C@H](N[C@@H](CCc1ccccc1)C(=O)O)C(=O)N1C(=O)N(C)C[C@@H]1C(=O)O. The third-order valence-electron chi connectivity index (χ3n) is 4.50. The first kappa shape index (κ1) is 20.4. The van der Waals surface area contributed by atoms with Crippen LogP contribution in [-0.4, -0.2) is 75.6 Å². The van der Waals surface area contributed by atoms with E-state index >= 15 is 0 Å². The summed E-state index contributed by atoms with van der Waals surface area (Å²) in [5, 5.41) is 21.4. The molecule has 0 aliphatic carbocycles. The second kappa shape index (κ2) is 8.63. The molecule has 2 rings (SSSR count). The fraction of sp³-hybridized carbons (Fsp3) is 0.444. The molecule has 0 unspecified atom stereocenters. The van der Waals surface area contributed by atoms with Crippen LogP contribution < -0.4 is 5.32 Å². The van der Waals surface area contributed by atoms with Crippen molar-refractivity contribution in [2.45, 2.75) is 37.9 Å². The van der Waals surface area contributed by atoms with Crippen LogP contribution in [0.2, 0.25) is 0 Å². The maximum atomic E-state index is 12.6. The van der Waals surface area contributed by atoms with Gasteiger partial charge in [0.25, 0.3) is 0 Å². The molecule has 9 heteroatoms. The van der Waals surface area contributed by atoms with Crippen LogP contribution in [0.25, 0.3) is 0 Å². The summed E-state index contributed by atoms with van der Waals surface area (Å²) in [5.74, 6) is -3.17. The average molecular weight is 377 g/mol. The predicted molar refractivity (Wildman–Crippen MR) is 95.1 cm³/mol. The molecule has 1 aromatic rings. The number of amides is 3. The first-order chi connectivity index (χ1) is 12.7. The zero-order chi connectivity index (χ0) is 20.1. The van der Waals surface area contributed by atoms with Crippen LogP contribution >= 0.6 is 0 Å². The van der Waals surface area contributed by atoms with Crippen LogP contribution in [0.4, 0.5) is 4.79 Å². The first-order valence-electron chi connectivity index (χ1n) is 8.56. The number of carboxylic acids is 2. The van der Waals surface area contributed by atoms with Crippen molar-refractivity contribution in [3.63, 3.8) is 0 Å². The van der Waals surface area contributed by atoms with E-state index in [2.05, 4.69) is 5.32 Å². The van der Waals surface area contributed by atoms with E-state index in [9.17, 15) is 29.4 Å². The normalized spacial score (nSPS) is 19.0. The molecular formula is C18H23N3O6. The molecule has 1 aliphatic heterocycles. The lowest BCUT2D eigenvalue weighted by Crippen LogP contribution is -2.54. The van der Waals surface area contributed by atoms with Crippen molar-refractivity contribution in [2.75, 3.05) is 13.6 Å². The van der Waals surface area contributed by atoms with E-state index < -0.39 is 42.0 Å². The second-order valence-electron chi connectivity index (χ2n) is 6.53. The quantitative estimate of drug-likeness (QED) is 0.598. The van der Waals surface area contributed by atoms with Crippen molar-refractivity contribution in [1.29, 1.82) is 0 Å². The van der Waals surface area contributed by atoms with E-state index in [1.165, 1.54) is 14.0 Å². The maximum absolute atomic E-state index is 12.6. The fourth-order valence-corrected chi connectivity index (χ4v) is 2.99. The molecule has 1 fully saturated rings. The van der Waals surface area contributed by atoms with E-state index in [-0.39, 0.29) is 13.0 Å². The number of carboxylic acid groups (broad SMARTS) is 2. The van der Waals surface area contributed by atoms with E-state index in [4.69, 9.17) is 0 Å². The lowest BCUT2D eigenvalue weighted by Gasteiger charge is -2.25. The molecule has 1 saturated heterocycles. The van der Waals surface area contributed by atoms with Gasteiger partial charge in [0.05, 0.1) is 12.6 Å². The highest BCUT2D eigenvalue weighted by Gasteiger charge is 2.45. The number of hydrogen-bond donors (Lipinski definition) is 3. The molecule has 0 radical (unpaired) electrons. The number of benzene rings is 1. The highest BCUT2D eigenvalue weighted by Crippen LogP contribution is 2.17. The third-order valence-corrected chi connectivity index (χ3v) is 4.50. The third kappa shape index (κ3) is 4.82. The van der Waals surface area contributed by atoms with Crippen molar-refractivity contribution < 1.29 is 29.4 Å². The molecule has 0 bridgehead atoms. The summed E-state index contributed by atoms with van der Waals surface area (Å²) < 4.78 is 0. The largest absolute Gasteiger partial charge is 0.480 e. The molecule has 146 valence electrons. The molecular weight excluding hydrogens is 354 g/mol.